The molecule has 1 heterocycles. The fraction of sp³-hybridized carbons (Fsp3) is 0.265. The summed E-state index contributed by atoms with van der Waals surface area (Å²) >= 11 is 3.53. The molecule has 0 aromatic heterocycles. The van der Waals surface area contributed by atoms with Crippen LogP contribution >= 0.6 is 15.9 Å². The number of alkyl halides is 1. The van der Waals surface area contributed by atoms with E-state index in [0.29, 0.717) is 18.4 Å². The van der Waals surface area contributed by atoms with E-state index in [4.69, 9.17) is 4.74 Å². The number of halogens is 3. The Morgan fingerprint density at radius 3 is 2.07 bits per heavy atom. The molecular weight excluding hydrogens is 588 g/mol. The van der Waals surface area contributed by atoms with Gasteiger partial charge in [-0.05, 0) is 84.5 Å². The Morgan fingerprint density at radius 2 is 1.46 bits per heavy atom. The van der Waals surface area contributed by atoms with Crippen LogP contribution in [0.1, 0.15) is 54.2 Å². The number of anilines is 1. The molecule has 5 atom stereocenters. The third-order valence-corrected chi connectivity index (χ3v) is 8.26. The monoisotopic (exact) mass is 619 g/mol. The molecule has 5 unspecified atom stereocenters. The number of aliphatic hydroxyl groups is 1. The van der Waals surface area contributed by atoms with Crippen molar-refractivity contribution in [1.29, 1.82) is 0 Å². The highest BCUT2D eigenvalue weighted by Crippen LogP contribution is 2.49. The van der Waals surface area contributed by atoms with Crippen molar-refractivity contribution in [3.8, 4) is 5.75 Å². The predicted octanol–water partition coefficient (Wildman–Crippen LogP) is 8.13. The fourth-order valence-electron chi connectivity index (χ4n) is 5.70. The lowest BCUT2D eigenvalue weighted by atomic mass is 9.73. The maximum absolute atomic E-state index is 13.7. The summed E-state index contributed by atoms with van der Waals surface area (Å²) in [5.74, 6) is -0.0348. The van der Waals surface area contributed by atoms with Crippen molar-refractivity contribution < 1.29 is 23.4 Å². The number of carbonyl (C=O) groups is 1. The molecule has 0 aliphatic carbocycles. The van der Waals surface area contributed by atoms with Crippen LogP contribution < -0.4 is 9.64 Å². The van der Waals surface area contributed by atoms with Crippen molar-refractivity contribution in [3.05, 3.63) is 131 Å². The van der Waals surface area contributed by atoms with Gasteiger partial charge in [-0.3, -0.25) is 0 Å². The summed E-state index contributed by atoms with van der Waals surface area (Å²) in [5.41, 5.74) is 3.49. The summed E-state index contributed by atoms with van der Waals surface area (Å²) in [4.78, 5) is 14.3. The maximum Gasteiger partial charge on any atom is 0.142 e. The molecule has 1 aliphatic heterocycles. The Bertz CT molecular complexity index is 1400. The first kappa shape index (κ1) is 29.0. The van der Waals surface area contributed by atoms with E-state index in [1.54, 1.807) is 24.3 Å². The van der Waals surface area contributed by atoms with Gasteiger partial charge in [-0.2, -0.15) is 0 Å². The summed E-state index contributed by atoms with van der Waals surface area (Å²) in [6.45, 7) is 0. The summed E-state index contributed by atoms with van der Waals surface area (Å²) < 4.78 is 33.4. The maximum atomic E-state index is 13.7. The summed E-state index contributed by atoms with van der Waals surface area (Å²) in [5, 5.41) is 11.6. The molecule has 4 aromatic rings. The van der Waals surface area contributed by atoms with Gasteiger partial charge in [0.05, 0.1) is 18.2 Å². The Kier molecular flexibility index (Phi) is 9.47. The first-order chi connectivity index (χ1) is 20.0. The Morgan fingerprint density at radius 1 is 0.829 bits per heavy atom. The molecule has 4 aromatic carbocycles. The number of ether oxygens (including phenoxy) is 1. The quantitative estimate of drug-likeness (QED) is 0.128. The van der Waals surface area contributed by atoms with Crippen LogP contribution in [0.25, 0.3) is 0 Å². The fourth-order valence-corrected chi connectivity index (χ4v) is 6.12. The second-order valence-electron chi connectivity index (χ2n) is 10.3. The van der Waals surface area contributed by atoms with Crippen molar-refractivity contribution in [2.24, 2.45) is 5.92 Å². The highest BCUT2D eigenvalue weighted by atomic mass is 79.9. The van der Waals surface area contributed by atoms with Crippen molar-refractivity contribution in [2.45, 2.75) is 43.6 Å². The third-order valence-electron chi connectivity index (χ3n) is 7.80. The molecule has 0 bridgehead atoms. The second kappa shape index (κ2) is 13.4. The molecule has 1 fully saturated rings. The van der Waals surface area contributed by atoms with Crippen LogP contribution in [-0.4, -0.2) is 22.8 Å². The largest absolute Gasteiger partial charge is 0.486 e. The molecule has 1 saturated heterocycles. The van der Waals surface area contributed by atoms with E-state index in [1.165, 1.54) is 24.3 Å². The molecule has 1 N–H and O–H groups in total. The number of hydrogen-bond acceptors (Lipinski definition) is 4. The molecule has 4 nitrogen and oxygen atoms in total. The van der Waals surface area contributed by atoms with E-state index in [9.17, 15) is 18.7 Å². The number of hydrogen-bond donors (Lipinski definition) is 1. The van der Waals surface area contributed by atoms with Gasteiger partial charge < -0.3 is 19.5 Å². The molecule has 0 spiro atoms. The molecule has 212 valence electrons. The lowest BCUT2D eigenvalue weighted by Gasteiger charge is -2.55. The van der Waals surface area contributed by atoms with E-state index in [2.05, 4.69) is 28.1 Å². The van der Waals surface area contributed by atoms with Crippen LogP contribution in [0.4, 0.5) is 14.5 Å². The average Bonchev–Trinajstić information content (AvgIpc) is 2.99. The summed E-state index contributed by atoms with van der Waals surface area (Å²) in [7, 11) is 0. The van der Waals surface area contributed by atoms with Crippen molar-refractivity contribution in [2.75, 3.05) is 10.2 Å². The van der Waals surface area contributed by atoms with Crippen molar-refractivity contribution in [1.82, 2.24) is 0 Å². The van der Waals surface area contributed by atoms with Gasteiger partial charge in [-0.1, -0.05) is 70.5 Å². The minimum absolute atomic E-state index is 0.0788. The standard InChI is InChI=1S/C34H32BrF2NO3/c35-21-20-33(24-4-2-1-3-5-24)41-29-16-8-25(9-17-29)34-30(18-19-32(40)23-6-10-26(36)11-7-23)31(22-39)38(34)28-14-12-27(37)13-15-28/h1-17,22,30-34,40H,18-21H2. The van der Waals surface area contributed by atoms with E-state index in [-0.39, 0.29) is 29.7 Å². The van der Waals surface area contributed by atoms with Gasteiger partial charge in [0, 0.05) is 16.9 Å². The number of benzene rings is 4. The lowest BCUT2D eigenvalue weighted by molar-refractivity contribution is -0.112. The third kappa shape index (κ3) is 6.68. The molecule has 7 heteroatoms. The zero-order valence-electron chi connectivity index (χ0n) is 22.5. The second-order valence-corrected chi connectivity index (χ2v) is 11.1. The van der Waals surface area contributed by atoms with Crippen LogP contribution in [0.2, 0.25) is 0 Å². The molecule has 0 amide bonds. The van der Waals surface area contributed by atoms with Gasteiger partial charge in [0.25, 0.3) is 0 Å². The van der Waals surface area contributed by atoms with Gasteiger partial charge in [0.1, 0.15) is 29.8 Å². The first-order valence-corrected chi connectivity index (χ1v) is 14.9. The van der Waals surface area contributed by atoms with Crippen molar-refractivity contribution >= 4 is 27.9 Å². The Balaban J connectivity index is 1.37. The van der Waals surface area contributed by atoms with Crippen LogP contribution in [0.15, 0.2) is 103 Å². The van der Waals surface area contributed by atoms with Gasteiger partial charge in [0.15, 0.2) is 0 Å². The molecule has 0 radical (unpaired) electrons. The van der Waals surface area contributed by atoms with Gasteiger partial charge in [0.2, 0.25) is 0 Å². The molecule has 0 saturated carbocycles. The Hall–Kier alpha value is -3.55. The predicted molar refractivity (Wildman–Crippen MR) is 160 cm³/mol. The minimum atomic E-state index is -0.774. The van der Waals surface area contributed by atoms with E-state index >= 15 is 0 Å². The summed E-state index contributed by atoms with van der Waals surface area (Å²) in [6, 6.07) is 29.4. The lowest BCUT2D eigenvalue weighted by Crippen LogP contribution is -2.59. The average molecular weight is 621 g/mol. The van der Waals surface area contributed by atoms with E-state index < -0.39 is 12.1 Å². The first-order valence-electron chi connectivity index (χ1n) is 13.8. The zero-order valence-corrected chi connectivity index (χ0v) is 24.0. The number of rotatable bonds is 12. The molecule has 41 heavy (non-hydrogen) atoms. The normalized spacial score (nSPS) is 19.7. The van der Waals surface area contributed by atoms with E-state index in [1.807, 2.05) is 47.4 Å². The van der Waals surface area contributed by atoms with Gasteiger partial charge in [-0.25, -0.2) is 8.78 Å². The zero-order chi connectivity index (χ0) is 28.8. The van der Waals surface area contributed by atoms with Crippen LogP contribution in [0, 0.1) is 17.6 Å². The van der Waals surface area contributed by atoms with Gasteiger partial charge in [-0.15, -0.1) is 0 Å². The molecule has 1 aliphatic rings. The summed E-state index contributed by atoms with van der Waals surface area (Å²) in [6.07, 6.45) is 1.86. The molecular formula is C34H32BrF2NO3. The Labute approximate surface area is 247 Å². The number of nitrogens with zero attached hydrogens (tertiary/aromatic N) is 1. The highest BCUT2D eigenvalue weighted by Gasteiger charge is 2.48. The van der Waals surface area contributed by atoms with Crippen LogP contribution in [-0.2, 0) is 4.79 Å². The topological polar surface area (TPSA) is 49.8 Å². The highest BCUT2D eigenvalue weighted by molar-refractivity contribution is 9.09. The van der Waals surface area contributed by atoms with E-state index in [0.717, 1.165) is 40.6 Å². The van der Waals surface area contributed by atoms with Crippen LogP contribution in [0.5, 0.6) is 5.75 Å². The van der Waals surface area contributed by atoms with Crippen LogP contribution in [0.3, 0.4) is 0 Å². The van der Waals surface area contributed by atoms with Crippen molar-refractivity contribution in [3.63, 3.8) is 0 Å². The number of carbonyl (C=O) groups excluding carboxylic acids is 1. The SMILES string of the molecule is O=CC1C(CCC(O)c2ccc(F)cc2)C(c2ccc(OC(CCBr)c3ccccc3)cc2)N1c1ccc(F)cc1. The van der Waals surface area contributed by atoms with Gasteiger partial charge >= 0.3 is 0 Å². The number of aldehydes is 1. The smallest absolute Gasteiger partial charge is 0.142 e. The minimum Gasteiger partial charge on any atom is -0.486 e. The number of aliphatic hydroxyl groups excluding tert-OH is 1. The molecule has 5 rings (SSSR count).